The van der Waals surface area contributed by atoms with E-state index >= 15 is 0 Å². The van der Waals surface area contributed by atoms with Crippen LogP contribution in [0, 0.1) is 0 Å². The highest BCUT2D eigenvalue weighted by Crippen LogP contribution is 2.20. The van der Waals surface area contributed by atoms with Crippen LogP contribution in [0.3, 0.4) is 0 Å². The Bertz CT molecular complexity index is 265. The maximum absolute atomic E-state index is 9.23. The second-order valence-corrected chi connectivity index (χ2v) is 3.34. The van der Waals surface area contributed by atoms with E-state index in [-0.39, 0.29) is 18.4 Å². The molecule has 14 heavy (non-hydrogen) atoms. The summed E-state index contributed by atoms with van der Waals surface area (Å²) in [6, 6.07) is 7.25. The van der Waals surface area contributed by atoms with Gasteiger partial charge >= 0.3 is 0 Å². The average molecular weight is 216 g/mol. The summed E-state index contributed by atoms with van der Waals surface area (Å²) >= 11 is 0. The molecule has 0 saturated carbocycles. The monoisotopic (exact) mass is 215 g/mol. The van der Waals surface area contributed by atoms with Crippen LogP contribution in [0.2, 0.25) is 0 Å². The fourth-order valence-corrected chi connectivity index (χ4v) is 1.35. The first-order valence-electron chi connectivity index (χ1n) is 4.78. The lowest BCUT2D eigenvalue weighted by molar-refractivity contribution is 0.473. The van der Waals surface area contributed by atoms with E-state index in [1.165, 1.54) is 0 Å². The van der Waals surface area contributed by atoms with Crippen LogP contribution in [-0.2, 0) is 0 Å². The van der Waals surface area contributed by atoms with Gasteiger partial charge in [0.05, 0.1) is 0 Å². The lowest BCUT2D eigenvalue weighted by Crippen LogP contribution is -2.09. The van der Waals surface area contributed by atoms with Gasteiger partial charge in [-0.2, -0.15) is 0 Å². The molecule has 0 heterocycles. The van der Waals surface area contributed by atoms with Crippen LogP contribution in [0.25, 0.3) is 0 Å². The van der Waals surface area contributed by atoms with E-state index in [4.69, 9.17) is 5.73 Å². The normalized spacial score (nSPS) is 11.9. The molecular formula is C11H18ClNO. The number of rotatable bonds is 4. The van der Waals surface area contributed by atoms with Crippen LogP contribution < -0.4 is 5.73 Å². The molecule has 0 unspecified atom stereocenters. The fourth-order valence-electron chi connectivity index (χ4n) is 1.35. The molecule has 2 nitrogen and oxygen atoms in total. The van der Waals surface area contributed by atoms with Gasteiger partial charge in [-0.3, -0.25) is 0 Å². The van der Waals surface area contributed by atoms with Gasteiger partial charge in [0, 0.05) is 6.04 Å². The summed E-state index contributed by atoms with van der Waals surface area (Å²) in [5.41, 5.74) is 6.96. The Balaban J connectivity index is 0.00000169. The summed E-state index contributed by atoms with van der Waals surface area (Å²) in [4.78, 5) is 0. The first-order valence-corrected chi connectivity index (χ1v) is 4.78. The number of halogens is 1. The summed E-state index contributed by atoms with van der Waals surface area (Å²) in [6.07, 6.45) is 3.28. The number of phenolic OH excluding ortho intramolecular Hbond substituents is 1. The Morgan fingerprint density at radius 2 is 2.14 bits per heavy atom. The Morgan fingerprint density at radius 3 is 2.71 bits per heavy atom. The molecule has 0 radical (unpaired) electrons. The predicted octanol–water partition coefficient (Wildman–Crippen LogP) is 3.00. The molecule has 0 amide bonds. The Labute approximate surface area is 91.5 Å². The summed E-state index contributed by atoms with van der Waals surface area (Å²) in [6.45, 7) is 2.15. The third-order valence-corrected chi connectivity index (χ3v) is 2.17. The van der Waals surface area contributed by atoms with Crippen molar-refractivity contribution in [3.63, 3.8) is 0 Å². The van der Waals surface area contributed by atoms with Crippen LogP contribution in [-0.4, -0.2) is 5.11 Å². The van der Waals surface area contributed by atoms with Gasteiger partial charge in [0.15, 0.2) is 0 Å². The average Bonchev–Trinajstić information content (AvgIpc) is 2.14. The predicted molar refractivity (Wildman–Crippen MR) is 61.8 cm³/mol. The van der Waals surface area contributed by atoms with Crippen molar-refractivity contribution >= 4 is 12.4 Å². The van der Waals surface area contributed by atoms with Crippen molar-refractivity contribution in [3.8, 4) is 5.75 Å². The van der Waals surface area contributed by atoms with Crippen molar-refractivity contribution < 1.29 is 5.11 Å². The molecule has 0 aliphatic heterocycles. The highest BCUT2D eigenvalue weighted by molar-refractivity contribution is 5.85. The molecule has 0 aromatic heterocycles. The highest BCUT2D eigenvalue weighted by atomic mass is 35.5. The van der Waals surface area contributed by atoms with Crippen LogP contribution in [0.1, 0.15) is 37.8 Å². The first-order chi connectivity index (χ1) is 6.24. The summed E-state index contributed by atoms with van der Waals surface area (Å²) in [7, 11) is 0. The van der Waals surface area contributed by atoms with Gasteiger partial charge < -0.3 is 10.8 Å². The minimum atomic E-state index is 0. The van der Waals surface area contributed by atoms with E-state index in [1.807, 2.05) is 12.1 Å². The zero-order chi connectivity index (χ0) is 9.68. The largest absolute Gasteiger partial charge is 0.508 e. The van der Waals surface area contributed by atoms with E-state index in [0.717, 1.165) is 24.8 Å². The topological polar surface area (TPSA) is 46.2 Å². The molecule has 1 rings (SSSR count). The van der Waals surface area contributed by atoms with Crippen molar-refractivity contribution in [2.45, 2.75) is 32.2 Å². The lowest BCUT2D eigenvalue weighted by Gasteiger charge is -2.11. The molecule has 3 N–H and O–H groups in total. The van der Waals surface area contributed by atoms with Gasteiger partial charge in [-0.25, -0.2) is 0 Å². The smallest absolute Gasteiger partial charge is 0.115 e. The summed E-state index contributed by atoms with van der Waals surface area (Å²) < 4.78 is 0. The van der Waals surface area contributed by atoms with Gasteiger partial charge in [-0.05, 0) is 24.1 Å². The number of hydrogen-bond acceptors (Lipinski definition) is 2. The van der Waals surface area contributed by atoms with E-state index in [9.17, 15) is 5.11 Å². The van der Waals surface area contributed by atoms with Crippen LogP contribution in [0.5, 0.6) is 5.75 Å². The molecule has 1 atom stereocenters. The van der Waals surface area contributed by atoms with Crippen molar-refractivity contribution in [3.05, 3.63) is 29.8 Å². The van der Waals surface area contributed by atoms with Crippen molar-refractivity contribution in [2.24, 2.45) is 5.73 Å². The summed E-state index contributed by atoms with van der Waals surface area (Å²) in [5, 5.41) is 9.23. The quantitative estimate of drug-likeness (QED) is 0.811. The summed E-state index contributed by atoms with van der Waals surface area (Å²) in [5.74, 6) is 0.296. The van der Waals surface area contributed by atoms with Gasteiger partial charge in [0.25, 0.3) is 0 Å². The minimum Gasteiger partial charge on any atom is -0.508 e. The number of hydrogen-bond donors (Lipinski definition) is 2. The highest BCUT2D eigenvalue weighted by Gasteiger charge is 2.04. The fraction of sp³-hybridized carbons (Fsp3) is 0.455. The molecule has 3 heteroatoms. The second-order valence-electron chi connectivity index (χ2n) is 3.34. The number of phenols is 1. The third kappa shape index (κ3) is 3.99. The first kappa shape index (κ1) is 13.3. The Hall–Kier alpha value is -0.730. The molecule has 0 aliphatic carbocycles. The van der Waals surface area contributed by atoms with Gasteiger partial charge in [-0.1, -0.05) is 31.9 Å². The van der Waals surface area contributed by atoms with Crippen LogP contribution in [0.4, 0.5) is 0 Å². The molecule has 0 saturated heterocycles. The number of benzene rings is 1. The maximum atomic E-state index is 9.23. The standard InChI is InChI=1S/C11H17NO.ClH/c1-2-3-7-11(12)9-5-4-6-10(13)8-9;/h4-6,8,11,13H,2-3,7,12H2,1H3;1H/t11-;/m0./s1. The van der Waals surface area contributed by atoms with Gasteiger partial charge in [0.1, 0.15) is 5.75 Å². The van der Waals surface area contributed by atoms with Gasteiger partial charge in [0.2, 0.25) is 0 Å². The molecule has 0 fully saturated rings. The molecule has 1 aromatic rings. The maximum Gasteiger partial charge on any atom is 0.115 e. The van der Waals surface area contributed by atoms with Crippen molar-refractivity contribution in [2.75, 3.05) is 0 Å². The van der Waals surface area contributed by atoms with Crippen LogP contribution >= 0.6 is 12.4 Å². The molecule has 80 valence electrons. The Kier molecular flexibility index (Phi) is 6.34. The van der Waals surface area contributed by atoms with Crippen LogP contribution in [0.15, 0.2) is 24.3 Å². The molecular weight excluding hydrogens is 198 g/mol. The van der Waals surface area contributed by atoms with E-state index in [2.05, 4.69) is 6.92 Å². The van der Waals surface area contributed by atoms with E-state index in [0.29, 0.717) is 5.75 Å². The number of nitrogens with two attached hydrogens (primary N) is 1. The zero-order valence-electron chi connectivity index (χ0n) is 8.44. The minimum absolute atomic E-state index is 0. The van der Waals surface area contributed by atoms with E-state index in [1.54, 1.807) is 12.1 Å². The van der Waals surface area contributed by atoms with Crippen molar-refractivity contribution in [1.82, 2.24) is 0 Å². The van der Waals surface area contributed by atoms with Crippen molar-refractivity contribution in [1.29, 1.82) is 0 Å². The SMILES string of the molecule is CCCC[C@H](N)c1cccc(O)c1.Cl. The Morgan fingerprint density at radius 1 is 1.43 bits per heavy atom. The molecule has 0 bridgehead atoms. The molecule has 0 spiro atoms. The second kappa shape index (κ2) is 6.68. The lowest BCUT2D eigenvalue weighted by atomic mass is 10.0. The number of unbranched alkanes of at least 4 members (excludes halogenated alkanes) is 1. The van der Waals surface area contributed by atoms with Gasteiger partial charge in [-0.15, -0.1) is 12.4 Å². The molecule has 0 aliphatic rings. The number of aromatic hydroxyl groups is 1. The molecule has 1 aromatic carbocycles. The van der Waals surface area contributed by atoms with E-state index < -0.39 is 0 Å². The zero-order valence-corrected chi connectivity index (χ0v) is 9.26. The third-order valence-electron chi connectivity index (χ3n) is 2.17.